The van der Waals surface area contributed by atoms with E-state index in [9.17, 15) is 4.39 Å². The van der Waals surface area contributed by atoms with Crippen LogP contribution in [0.2, 0.25) is 0 Å². The van der Waals surface area contributed by atoms with Crippen LogP contribution in [0.15, 0.2) is 24.3 Å². The van der Waals surface area contributed by atoms with Gasteiger partial charge in [0.05, 0.1) is 0 Å². The number of halogens is 1. The third-order valence-electron chi connectivity index (χ3n) is 3.81. The third kappa shape index (κ3) is 3.48. The van der Waals surface area contributed by atoms with Gasteiger partial charge in [-0.2, -0.15) is 11.8 Å². The first-order chi connectivity index (χ1) is 8.72. The molecule has 1 N–H and O–H groups in total. The highest BCUT2D eigenvalue weighted by atomic mass is 32.2. The van der Waals surface area contributed by atoms with E-state index in [2.05, 4.69) is 18.5 Å². The standard InChI is InChI=1S/C15H22FNS/c1-3-15(11-5-4-6-12(16)9-11)17-13-7-8-14(10-13)18-2/h4-6,9,13-15,17H,3,7-8,10H2,1-2H3. The number of hydrogen-bond donors (Lipinski definition) is 1. The molecule has 0 saturated heterocycles. The van der Waals surface area contributed by atoms with Gasteiger partial charge in [0.25, 0.3) is 0 Å². The molecule has 3 unspecified atom stereocenters. The normalized spacial score (nSPS) is 25.3. The molecule has 0 aromatic heterocycles. The molecule has 2 rings (SSSR count). The summed E-state index contributed by atoms with van der Waals surface area (Å²) in [5.74, 6) is -0.138. The Morgan fingerprint density at radius 2 is 2.28 bits per heavy atom. The van der Waals surface area contributed by atoms with E-state index in [0.717, 1.165) is 17.2 Å². The Balaban J connectivity index is 1.97. The van der Waals surface area contributed by atoms with Gasteiger partial charge >= 0.3 is 0 Å². The van der Waals surface area contributed by atoms with Crippen LogP contribution in [0.5, 0.6) is 0 Å². The number of benzene rings is 1. The first-order valence-corrected chi connectivity index (χ1v) is 8.06. The zero-order valence-electron chi connectivity index (χ0n) is 11.2. The first kappa shape index (κ1) is 13.9. The summed E-state index contributed by atoms with van der Waals surface area (Å²) in [6.07, 6.45) is 6.99. The highest BCUT2D eigenvalue weighted by Crippen LogP contribution is 2.30. The van der Waals surface area contributed by atoms with Gasteiger partial charge in [-0.3, -0.25) is 0 Å². The summed E-state index contributed by atoms with van der Waals surface area (Å²) in [5.41, 5.74) is 1.07. The van der Waals surface area contributed by atoms with Gasteiger partial charge in [0, 0.05) is 17.3 Å². The van der Waals surface area contributed by atoms with Crippen molar-refractivity contribution in [1.82, 2.24) is 5.32 Å². The SMILES string of the molecule is CCC(NC1CCC(SC)C1)c1cccc(F)c1. The molecule has 1 aliphatic carbocycles. The van der Waals surface area contributed by atoms with E-state index in [1.807, 2.05) is 17.8 Å². The molecule has 0 radical (unpaired) electrons. The maximum absolute atomic E-state index is 13.3. The van der Waals surface area contributed by atoms with Gasteiger partial charge in [0.2, 0.25) is 0 Å². The third-order valence-corrected chi connectivity index (χ3v) is 4.91. The number of hydrogen-bond acceptors (Lipinski definition) is 2. The molecule has 1 nitrogen and oxygen atoms in total. The lowest BCUT2D eigenvalue weighted by atomic mass is 10.0. The van der Waals surface area contributed by atoms with Gasteiger partial charge in [-0.05, 0) is 49.6 Å². The topological polar surface area (TPSA) is 12.0 Å². The minimum absolute atomic E-state index is 0.138. The van der Waals surface area contributed by atoms with Crippen molar-refractivity contribution in [3.63, 3.8) is 0 Å². The molecule has 0 bridgehead atoms. The van der Waals surface area contributed by atoms with Crippen molar-refractivity contribution < 1.29 is 4.39 Å². The van der Waals surface area contributed by atoms with E-state index in [1.54, 1.807) is 12.1 Å². The summed E-state index contributed by atoms with van der Waals surface area (Å²) in [6, 6.07) is 7.86. The summed E-state index contributed by atoms with van der Waals surface area (Å²) in [7, 11) is 0. The fraction of sp³-hybridized carbons (Fsp3) is 0.600. The predicted octanol–water partition coefficient (Wildman–Crippen LogP) is 4.15. The van der Waals surface area contributed by atoms with Crippen LogP contribution in [-0.2, 0) is 0 Å². The average molecular weight is 267 g/mol. The lowest BCUT2D eigenvalue weighted by Gasteiger charge is -2.22. The Kier molecular flexibility index (Phi) is 5.07. The van der Waals surface area contributed by atoms with Crippen molar-refractivity contribution in [3.05, 3.63) is 35.6 Å². The fourth-order valence-corrected chi connectivity index (χ4v) is 3.56. The molecule has 0 aliphatic heterocycles. The molecule has 1 aromatic rings. The van der Waals surface area contributed by atoms with Gasteiger partial charge in [0.15, 0.2) is 0 Å². The van der Waals surface area contributed by atoms with Gasteiger partial charge in [-0.15, -0.1) is 0 Å². The molecule has 3 atom stereocenters. The van der Waals surface area contributed by atoms with Crippen LogP contribution in [0.1, 0.15) is 44.2 Å². The predicted molar refractivity (Wildman–Crippen MR) is 77.5 cm³/mol. The van der Waals surface area contributed by atoms with E-state index < -0.39 is 0 Å². The minimum Gasteiger partial charge on any atom is -0.307 e. The highest BCUT2D eigenvalue weighted by molar-refractivity contribution is 7.99. The molecule has 1 aromatic carbocycles. The molecular weight excluding hydrogens is 245 g/mol. The van der Waals surface area contributed by atoms with E-state index in [-0.39, 0.29) is 11.9 Å². The van der Waals surface area contributed by atoms with Crippen LogP contribution >= 0.6 is 11.8 Å². The van der Waals surface area contributed by atoms with Crippen molar-refractivity contribution in [2.45, 2.75) is 49.9 Å². The number of rotatable bonds is 5. The van der Waals surface area contributed by atoms with Gasteiger partial charge in [-0.25, -0.2) is 4.39 Å². The van der Waals surface area contributed by atoms with Crippen molar-refractivity contribution in [2.75, 3.05) is 6.26 Å². The fourth-order valence-electron chi connectivity index (χ4n) is 2.76. The second kappa shape index (κ2) is 6.58. The van der Waals surface area contributed by atoms with Crippen molar-refractivity contribution >= 4 is 11.8 Å². The smallest absolute Gasteiger partial charge is 0.123 e. The van der Waals surface area contributed by atoms with Gasteiger partial charge < -0.3 is 5.32 Å². The Morgan fingerprint density at radius 1 is 1.44 bits per heavy atom. The lowest BCUT2D eigenvalue weighted by Crippen LogP contribution is -2.30. The first-order valence-electron chi connectivity index (χ1n) is 6.77. The average Bonchev–Trinajstić information content (AvgIpc) is 2.83. The van der Waals surface area contributed by atoms with Crippen LogP contribution in [0.3, 0.4) is 0 Å². The largest absolute Gasteiger partial charge is 0.307 e. The molecule has 0 spiro atoms. The maximum Gasteiger partial charge on any atom is 0.123 e. The minimum atomic E-state index is -0.138. The highest BCUT2D eigenvalue weighted by Gasteiger charge is 2.25. The summed E-state index contributed by atoms with van der Waals surface area (Å²) in [6.45, 7) is 2.16. The second-order valence-electron chi connectivity index (χ2n) is 5.05. The molecule has 1 aliphatic rings. The Morgan fingerprint density at radius 3 is 2.89 bits per heavy atom. The van der Waals surface area contributed by atoms with Gasteiger partial charge in [0.1, 0.15) is 5.82 Å². The molecule has 1 saturated carbocycles. The Hall–Kier alpha value is -0.540. The van der Waals surface area contributed by atoms with Crippen molar-refractivity contribution in [3.8, 4) is 0 Å². The molecule has 18 heavy (non-hydrogen) atoms. The number of nitrogens with one attached hydrogen (secondary N) is 1. The van der Waals surface area contributed by atoms with Crippen LogP contribution in [0, 0.1) is 5.82 Å². The summed E-state index contributed by atoms with van der Waals surface area (Å²) >= 11 is 1.97. The van der Waals surface area contributed by atoms with E-state index >= 15 is 0 Å². The van der Waals surface area contributed by atoms with Crippen LogP contribution in [0.4, 0.5) is 4.39 Å². The monoisotopic (exact) mass is 267 g/mol. The van der Waals surface area contributed by atoms with Crippen LogP contribution in [-0.4, -0.2) is 17.5 Å². The van der Waals surface area contributed by atoms with Crippen LogP contribution < -0.4 is 5.32 Å². The Bertz CT molecular complexity index is 383. The molecule has 100 valence electrons. The van der Waals surface area contributed by atoms with Crippen molar-refractivity contribution in [1.29, 1.82) is 0 Å². The molecule has 0 amide bonds. The zero-order valence-corrected chi connectivity index (χ0v) is 12.0. The molecule has 1 fully saturated rings. The molecule has 3 heteroatoms. The second-order valence-corrected chi connectivity index (χ2v) is 6.19. The van der Waals surface area contributed by atoms with E-state index in [4.69, 9.17) is 0 Å². The lowest BCUT2D eigenvalue weighted by molar-refractivity contribution is 0.429. The summed E-state index contributed by atoms with van der Waals surface area (Å²) in [4.78, 5) is 0. The van der Waals surface area contributed by atoms with Gasteiger partial charge in [-0.1, -0.05) is 19.1 Å². The zero-order chi connectivity index (χ0) is 13.0. The van der Waals surface area contributed by atoms with Crippen LogP contribution in [0.25, 0.3) is 0 Å². The molecule has 0 heterocycles. The quantitative estimate of drug-likeness (QED) is 0.860. The number of thioether (sulfide) groups is 1. The van der Waals surface area contributed by atoms with Crippen molar-refractivity contribution in [2.24, 2.45) is 0 Å². The summed E-state index contributed by atoms with van der Waals surface area (Å²) < 4.78 is 13.3. The van der Waals surface area contributed by atoms with E-state index in [0.29, 0.717) is 6.04 Å². The van der Waals surface area contributed by atoms with E-state index in [1.165, 1.54) is 25.3 Å². The maximum atomic E-state index is 13.3. The summed E-state index contributed by atoms with van der Waals surface area (Å²) in [5, 5.41) is 4.49. The Labute approximate surface area is 114 Å². The molecular formula is C15H22FNS.